The highest BCUT2D eigenvalue weighted by molar-refractivity contribution is 6.11. The van der Waals surface area contributed by atoms with Gasteiger partial charge in [0, 0.05) is 22.5 Å². The van der Waals surface area contributed by atoms with Crippen molar-refractivity contribution in [3.8, 4) is 0 Å². The summed E-state index contributed by atoms with van der Waals surface area (Å²) in [6, 6.07) is 14.7. The highest BCUT2D eigenvalue weighted by atomic mass is 16.5. The second-order valence-corrected chi connectivity index (χ2v) is 4.42. The molecule has 0 amide bonds. The first-order chi connectivity index (χ1) is 8.93. The van der Waals surface area contributed by atoms with Gasteiger partial charge in [0.1, 0.15) is 6.26 Å². The van der Waals surface area contributed by atoms with Crippen LogP contribution in [0.1, 0.15) is 0 Å². The van der Waals surface area contributed by atoms with Crippen molar-refractivity contribution < 1.29 is 4.74 Å². The first kappa shape index (κ1) is 9.59. The van der Waals surface area contributed by atoms with Gasteiger partial charge in [-0.1, -0.05) is 30.3 Å². The van der Waals surface area contributed by atoms with E-state index in [-0.39, 0.29) is 0 Å². The molecule has 0 fully saturated rings. The van der Waals surface area contributed by atoms with Crippen molar-refractivity contribution in [2.75, 3.05) is 11.6 Å². The van der Waals surface area contributed by atoms with Gasteiger partial charge >= 0.3 is 0 Å². The van der Waals surface area contributed by atoms with Gasteiger partial charge in [0.25, 0.3) is 0 Å². The van der Waals surface area contributed by atoms with Crippen LogP contribution >= 0.6 is 0 Å². The molecule has 4 rings (SSSR count). The molecule has 18 heavy (non-hydrogen) atoms. The molecule has 1 aromatic heterocycles. The second-order valence-electron chi connectivity index (χ2n) is 4.42. The molecule has 3 heteroatoms. The summed E-state index contributed by atoms with van der Waals surface area (Å²) in [7, 11) is 0. The van der Waals surface area contributed by atoms with E-state index in [9.17, 15) is 0 Å². The summed E-state index contributed by atoms with van der Waals surface area (Å²) in [5.74, 6) is 0. The number of benzene rings is 2. The van der Waals surface area contributed by atoms with Crippen LogP contribution in [-0.4, -0.2) is 11.7 Å². The van der Waals surface area contributed by atoms with Gasteiger partial charge in [-0.3, -0.25) is 0 Å². The van der Waals surface area contributed by atoms with Gasteiger partial charge in [0.05, 0.1) is 11.2 Å². The van der Waals surface area contributed by atoms with Crippen LogP contribution in [0.15, 0.2) is 54.9 Å². The number of H-pyrrole nitrogens is 1. The van der Waals surface area contributed by atoms with E-state index in [1.807, 2.05) is 6.20 Å². The lowest BCUT2D eigenvalue weighted by molar-refractivity contribution is 0.282. The minimum atomic E-state index is 0.578. The number of hydrogen-bond donors (Lipinski definition) is 1. The first-order valence-corrected chi connectivity index (χ1v) is 5.98. The van der Waals surface area contributed by atoms with Crippen LogP contribution < -0.4 is 4.90 Å². The predicted molar refractivity (Wildman–Crippen MR) is 73.4 cm³/mol. The normalized spacial score (nSPS) is 14.6. The van der Waals surface area contributed by atoms with Crippen molar-refractivity contribution in [1.82, 2.24) is 4.98 Å². The molecule has 3 aromatic rings. The van der Waals surface area contributed by atoms with Gasteiger partial charge < -0.3 is 14.6 Å². The Morgan fingerprint density at radius 3 is 2.78 bits per heavy atom. The number of anilines is 1. The maximum Gasteiger partial charge on any atom is 0.164 e. The Morgan fingerprint density at radius 2 is 1.89 bits per heavy atom. The number of aromatic amines is 1. The van der Waals surface area contributed by atoms with E-state index >= 15 is 0 Å². The molecule has 1 N–H and O–H groups in total. The lowest BCUT2D eigenvalue weighted by Crippen LogP contribution is -2.13. The molecule has 0 bridgehead atoms. The van der Waals surface area contributed by atoms with E-state index in [1.54, 1.807) is 6.26 Å². The van der Waals surface area contributed by atoms with Crippen LogP contribution in [0.4, 0.5) is 5.69 Å². The van der Waals surface area contributed by atoms with Crippen molar-refractivity contribution in [3.63, 3.8) is 0 Å². The summed E-state index contributed by atoms with van der Waals surface area (Å²) in [5.41, 5.74) is 3.48. The van der Waals surface area contributed by atoms with Crippen LogP contribution in [0, 0.1) is 0 Å². The number of ether oxygens (including phenoxy) is 1. The number of nitrogens with zero attached hydrogens (tertiary/aromatic N) is 1. The molecule has 3 nitrogen and oxygen atoms in total. The summed E-state index contributed by atoms with van der Waals surface area (Å²) in [5, 5.41) is 2.52. The Balaban J connectivity index is 2.06. The van der Waals surface area contributed by atoms with E-state index in [4.69, 9.17) is 4.74 Å². The summed E-state index contributed by atoms with van der Waals surface area (Å²) < 4.78 is 5.27. The maximum atomic E-state index is 5.27. The molecule has 0 aliphatic carbocycles. The number of hydrogen-bond acceptors (Lipinski definition) is 2. The van der Waals surface area contributed by atoms with Gasteiger partial charge in [0.15, 0.2) is 6.73 Å². The third-order valence-electron chi connectivity index (χ3n) is 3.38. The van der Waals surface area contributed by atoms with Crippen LogP contribution in [0.2, 0.25) is 0 Å². The Morgan fingerprint density at radius 1 is 1.00 bits per heavy atom. The molecular weight excluding hydrogens is 224 g/mol. The lowest BCUT2D eigenvalue weighted by atomic mass is 10.1. The third-order valence-corrected chi connectivity index (χ3v) is 3.38. The molecule has 0 unspecified atom stereocenters. The van der Waals surface area contributed by atoms with Crippen LogP contribution in [0.25, 0.3) is 21.8 Å². The highest BCUT2D eigenvalue weighted by Crippen LogP contribution is 2.32. The van der Waals surface area contributed by atoms with E-state index in [0.29, 0.717) is 6.73 Å². The zero-order valence-corrected chi connectivity index (χ0v) is 9.76. The molecule has 0 spiro atoms. The van der Waals surface area contributed by atoms with Gasteiger partial charge in [-0.25, -0.2) is 0 Å². The van der Waals surface area contributed by atoms with Crippen molar-refractivity contribution in [2.45, 2.75) is 0 Å². The Hall–Kier alpha value is -2.42. The fourth-order valence-corrected chi connectivity index (χ4v) is 2.53. The molecule has 0 saturated carbocycles. The predicted octanol–water partition coefficient (Wildman–Crippen LogP) is 3.59. The van der Waals surface area contributed by atoms with E-state index in [1.165, 1.54) is 16.3 Å². The monoisotopic (exact) mass is 236 g/mol. The quantitative estimate of drug-likeness (QED) is 0.699. The standard InChI is InChI=1S/C15H12N2O/c1-2-6-13-11(4-1)12-5-3-7-14(15(12)16-13)17-8-9-18-10-17/h1-9,16H,10H2. The van der Waals surface area contributed by atoms with E-state index < -0.39 is 0 Å². The Labute approximate surface area is 104 Å². The molecular formula is C15H12N2O. The van der Waals surface area contributed by atoms with Gasteiger partial charge in [-0.15, -0.1) is 0 Å². The van der Waals surface area contributed by atoms with Crippen LogP contribution in [0.5, 0.6) is 0 Å². The highest BCUT2D eigenvalue weighted by Gasteiger charge is 2.13. The van der Waals surface area contributed by atoms with Crippen molar-refractivity contribution in [3.05, 3.63) is 54.9 Å². The molecule has 1 aliphatic rings. The molecule has 0 radical (unpaired) electrons. The number of aromatic nitrogens is 1. The fourth-order valence-electron chi connectivity index (χ4n) is 2.53. The average molecular weight is 236 g/mol. The molecule has 88 valence electrons. The van der Waals surface area contributed by atoms with Gasteiger partial charge in [-0.05, 0) is 12.1 Å². The smallest absolute Gasteiger partial charge is 0.164 e. The minimum Gasteiger partial charge on any atom is -0.479 e. The van der Waals surface area contributed by atoms with Crippen molar-refractivity contribution in [2.24, 2.45) is 0 Å². The third kappa shape index (κ3) is 1.24. The molecule has 0 atom stereocenters. The Kier molecular flexibility index (Phi) is 1.88. The topological polar surface area (TPSA) is 28.3 Å². The molecule has 1 aliphatic heterocycles. The minimum absolute atomic E-state index is 0.578. The second kappa shape index (κ2) is 3.53. The Bertz CT molecular complexity index is 757. The summed E-state index contributed by atoms with van der Waals surface area (Å²) in [6.45, 7) is 0.578. The molecule has 2 aromatic carbocycles. The summed E-state index contributed by atoms with van der Waals surface area (Å²) in [6.07, 6.45) is 3.68. The summed E-state index contributed by atoms with van der Waals surface area (Å²) >= 11 is 0. The molecule has 2 heterocycles. The van der Waals surface area contributed by atoms with Crippen LogP contribution in [0.3, 0.4) is 0 Å². The first-order valence-electron chi connectivity index (χ1n) is 5.98. The SMILES string of the molecule is C1=CN(c2cccc3c2[nH]c2ccccc23)CO1. The number of fused-ring (bicyclic) bond motifs is 3. The largest absolute Gasteiger partial charge is 0.479 e. The maximum absolute atomic E-state index is 5.27. The van der Waals surface area contributed by atoms with E-state index in [0.717, 1.165) is 11.2 Å². The average Bonchev–Trinajstić information content (AvgIpc) is 3.05. The van der Waals surface area contributed by atoms with E-state index in [2.05, 4.69) is 52.3 Å². The lowest BCUT2D eigenvalue weighted by Gasteiger charge is -2.14. The zero-order chi connectivity index (χ0) is 11.9. The van der Waals surface area contributed by atoms with Crippen LogP contribution in [-0.2, 0) is 4.74 Å². The zero-order valence-electron chi connectivity index (χ0n) is 9.76. The van der Waals surface area contributed by atoms with Crippen molar-refractivity contribution >= 4 is 27.5 Å². The van der Waals surface area contributed by atoms with Gasteiger partial charge in [-0.2, -0.15) is 0 Å². The number of nitrogens with one attached hydrogen (secondary N) is 1. The fraction of sp³-hybridized carbons (Fsp3) is 0.0667. The number of rotatable bonds is 1. The van der Waals surface area contributed by atoms with Gasteiger partial charge in [0.2, 0.25) is 0 Å². The van der Waals surface area contributed by atoms with Crippen molar-refractivity contribution in [1.29, 1.82) is 0 Å². The number of para-hydroxylation sites is 2. The summed E-state index contributed by atoms with van der Waals surface area (Å²) in [4.78, 5) is 5.59. The molecule has 0 saturated heterocycles.